The third kappa shape index (κ3) is 4.26. The second-order valence-corrected chi connectivity index (χ2v) is 8.89. The van der Waals surface area contributed by atoms with Gasteiger partial charge >= 0.3 is 0 Å². The van der Waals surface area contributed by atoms with Gasteiger partial charge in [-0.3, -0.25) is 14.9 Å². The van der Waals surface area contributed by atoms with Gasteiger partial charge < -0.3 is 9.80 Å². The van der Waals surface area contributed by atoms with E-state index in [0.29, 0.717) is 13.1 Å². The molecular formula is C19H20ClN3O5S. The second-order valence-electron chi connectivity index (χ2n) is 6.60. The molecule has 0 aromatic heterocycles. The minimum atomic E-state index is -4.23. The molecule has 1 aliphatic heterocycles. The van der Waals surface area contributed by atoms with Crippen LogP contribution in [-0.4, -0.2) is 61.8 Å². The van der Waals surface area contributed by atoms with Crippen LogP contribution in [0.15, 0.2) is 52.3 Å². The van der Waals surface area contributed by atoms with E-state index in [-0.39, 0.29) is 21.4 Å². The summed E-state index contributed by atoms with van der Waals surface area (Å²) in [6.45, 7) is 5.41. The molecule has 0 spiro atoms. The van der Waals surface area contributed by atoms with Crippen molar-refractivity contribution >= 4 is 33.0 Å². The topological polar surface area (TPSA) is 101 Å². The monoisotopic (exact) mass is 437 g/mol. The van der Waals surface area contributed by atoms with Gasteiger partial charge in [-0.25, -0.2) is 8.42 Å². The smallest absolute Gasteiger partial charge is 0.289 e. The first-order valence-corrected chi connectivity index (χ1v) is 10.9. The van der Waals surface area contributed by atoms with Gasteiger partial charge in [-0.15, -0.1) is 0 Å². The summed E-state index contributed by atoms with van der Waals surface area (Å²) in [6, 6.07) is 9.17. The molecule has 0 N–H and O–H groups in total. The van der Waals surface area contributed by atoms with Crippen molar-refractivity contribution < 1.29 is 18.1 Å². The molecule has 8 nitrogen and oxygen atoms in total. The molecule has 1 amide bonds. The molecule has 0 radical (unpaired) electrons. The molecule has 2 aromatic rings. The van der Waals surface area contributed by atoms with Crippen molar-refractivity contribution in [3.8, 4) is 0 Å². The molecule has 1 saturated heterocycles. The molecule has 3 rings (SSSR count). The fraction of sp³-hybridized carbons (Fsp3) is 0.316. The van der Waals surface area contributed by atoms with Crippen LogP contribution in [0.25, 0.3) is 0 Å². The van der Waals surface area contributed by atoms with Gasteiger partial charge in [-0.1, -0.05) is 30.7 Å². The van der Waals surface area contributed by atoms with Gasteiger partial charge in [-0.2, -0.15) is 0 Å². The summed E-state index contributed by atoms with van der Waals surface area (Å²) in [5, 5.41) is 11.6. The molecule has 29 heavy (non-hydrogen) atoms. The van der Waals surface area contributed by atoms with Crippen LogP contribution in [0.4, 0.5) is 5.69 Å². The molecule has 0 aliphatic carbocycles. The number of hydrogen-bond donors (Lipinski definition) is 0. The molecule has 154 valence electrons. The number of nitrogens with zero attached hydrogens (tertiary/aromatic N) is 3. The van der Waals surface area contributed by atoms with Crippen molar-refractivity contribution in [2.24, 2.45) is 0 Å². The van der Waals surface area contributed by atoms with Crippen LogP contribution in [0, 0.1) is 10.1 Å². The van der Waals surface area contributed by atoms with E-state index in [2.05, 4.69) is 4.90 Å². The number of likely N-dealkylation sites (N-methyl/N-ethyl adjacent to an activating group) is 1. The number of hydrogen-bond acceptors (Lipinski definition) is 6. The minimum Gasteiger partial charge on any atom is -0.336 e. The van der Waals surface area contributed by atoms with Crippen LogP contribution in [0.3, 0.4) is 0 Å². The predicted molar refractivity (Wildman–Crippen MR) is 108 cm³/mol. The van der Waals surface area contributed by atoms with Crippen molar-refractivity contribution in [1.29, 1.82) is 0 Å². The van der Waals surface area contributed by atoms with Crippen LogP contribution >= 0.6 is 11.6 Å². The van der Waals surface area contributed by atoms with Gasteiger partial charge in [0.25, 0.3) is 11.6 Å². The zero-order valence-electron chi connectivity index (χ0n) is 15.7. The lowest BCUT2D eigenvalue weighted by Gasteiger charge is -2.34. The van der Waals surface area contributed by atoms with Crippen molar-refractivity contribution in [3.05, 3.63) is 63.2 Å². The summed E-state index contributed by atoms with van der Waals surface area (Å²) in [6.07, 6.45) is 0. The highest BCUT2D eigenvalue weighted by atomic mass is 35.5. The minimum absolute atomic E-state index is 0.0317. The molecule has 1 aliphatic rings. The maximum Gasteiger partial charge on any atom is 0.289 e. The van der Waals surface area contributed by atoms with Crippen LogP contribution in [-0.2, 0) is 9.84 Å². The first kappa shape index (κ1) is 21.2. The fourth-order valence-electron chi connectivity index (χ4n) is 3.25. The predicted octanol–water partition coefficient (Wildman–Crippen LogP) is 2.86. The fourth-order valence-corrected chi connectivity index (χ4v) is 5.17. The third-order valence-electron chi connectivity index (χ3n) is 4.92. The molecule has 1 fully saturated rings. The van der Waals surface area contributed by atoms with E-state index < -0.39 is 25.3 Å². The van der Waals surface area contributed by atoms with Crippen LogP contribution in [0.5, 0.6) is 0 Å². The number of nitro groups is 1. The zero-order chi connectivity index (χ0) is 21.2. The summed E-state index contributed by atoms with van der Waals surface area (Å²) in [5.74, 6) is -0.356. The average Bonchev–Trinajstić information content (AvgIpc) is 2.73. The molecule has 2 aromatic carbocycles. The van der Waals surface area contributed by atoms with Gasteiger partial charge in [0, 0.05) is 37.8 Å². The highest BCUT2D eigenvalue weighted by Crippen LogP contribution is 2.33. The zero-order valence-corrected chi connectivity index (χ0v) is 17.3. The quantitative estimate of drug-likeness (QED) is 0.526. The molecule has 0 bridgehead atoms. The highest BCUT2D eigenvalue weighted by Gasteiger charge is 2.31. The Kier molecular flexibility index (Phi) is 6.21. The SMILES string of the molecule is CCN1CCN(C(=O)c2ccc(S(=O)(=O)c3ccccc3Cl)c([N+](=O)[O-])c2)CC1. The molecule has 0 saturated carbocycles. The van der Waals surface area contributed by atoms with E-state index in [1.807, 2.05) is 6.92 Å². The number of rotatable bonds is 5. The summed E-state index contributed by atoms with van der Waals surface area (Å²) < 4.78 is 25.9. The number of halogens is 1. The van der Waals surface area contributed by atoms with E-state index in [0.717, 1.165) is 31.8 Å². The lowest BCUT2D eigenvalue weighted by molar-refractivity contribution is -0.387. The summed E-state index contributed by atoms with van der Waals surface area (Å²) >= 11 is 5.98. The van der Waals surface area contributed by atoms with Gasteiger partial charge in [0.15, 0.2) is 0 Å². The summed E-state index contributed by atoms with van der Waals surface area (Å²) in [7, 11) is -4.23. The number of amides is 1. The molecule has 0 unspecified atom stereocenters. The van der Waals surface area contributed by atoms with E-state index in [4.69, 9.17) is 11.6 Å². The van der Waals surface area contributed by atoms with E-state index in [1.165, 1.54) is 24.3 Å². The standard InChI is InChI=1S/C19H20ClN3O5S/c1-2-21-9-11-22(12-10-21)19(24)14-7-8-18(16(13-14)23(25)26)29(27,28)17-6-4-3-5-15(17)20/h3-8,13H,2,9-12H2,1H3. The Balaban J connectivity index is 1.97. The number of carbonyl (C=O) groups excluding carboxylic acids is 1. The Labute approximate surface area is 173 Å². The van der Waals surface area contributed by atoms with Gasteiger partial charge in [0.05, 0.1) is 14.8 Å². The summed E-state index contributed by atoms with van der Waals surface area (Å²) in [5.41, 5.74) is -0.567. The second kappa shape index (κ2) is 8.48. The van der Waals surface area contributed by atoms with Crippen molar-refractivity contribution in [3.63, 3.8) is 0 Å². The van der Waals surface area contributed by atoms with E-state index >= 15 is 0 Å². The Morgan fingerprint density at radius 1 is 1.10 bits per heavy atom. The summed E-state index contributed by atoms with van der Waals surface area (Å²) in [4.78, 5) is 26.7. The molecule has 0 atom stereocenters. The average molecular weight is 438 g/mol. The van der Waals surface area contributed by atoms with Gasteiger partial charge in [0.1, 0.15) is 4.90 Å². The molecule has 10 heteroatoms. The lowest BCUT2D eigenvalue weighted by atomic mass is 10.1. The largest absolute Gasteiger partial charge is 0.336 e. The number of piperazine rings is 1. The Hall–Kier alpha value is -2.49. The van der Waals surface area contributed by atoms with Crippen LogP contribution in [0.2, 0.25) is 5.02 Å². The van der Waals surface area contributed by atoms with Gasteiger partial charge in [0.2, 0.25) is 9.84 Å². The van der Waals surface area contributed by atoms with Crippen molar-refractivity contribution in [1.82, 2.24) is 9.80 Å². The Bertz CT molecular complexity index is 1050. The number of carbonyl (C=O) groups is 1. The number of benzene rings is 2. The lowest BCUT2D eigenvalue weighted by Crippen LogP contribution is -2.48. The van der Waals surface area contributed by atoms with Gasteiger partial charge in [-0.05, 0) is 30.8 Å². The highest BCUT2D eigenvalue weighted by molar-refractivity contribution is 7.91. The molecular weight excluding hydrogens is 418 g/mol. The third-order valence-corrected chi connectivity index (χ3v) is 7.23. The van der Waals surface area contributed by atoms with E-state index in [9.17, 15) is 23.3 Å². The van der Waals surface area contributed by atoms with Crippen LogP contribution in [0.1, 0.15) is 17.3 Å². The normalized spacial score (nSPS) is 15.3. The Morgan fingerprint density at radius 2 is 1.76 bits per heavy atom. The van der Waals surface area contributed by atoms with Crippen molar-refractivity contribution in [2.45, 2.75) is 16.7 Å². The maximum atomic E-state index is 12.9. The molecule has 1 heterocycles. The van der Waals surface area contributed by atoms with E-state index in [1.54, 1.807) is 11.0 Å². The first-order valence-electron chi connectivity index (χ1n) is 9.05. The van der Waals surface area contributed by atoms with Crippen molar-refractivity contribution in [2.75, 3.05) is 32.7 Å². The first-order chi connectivity index (χ1) is 13.8. The Morgan fingerprint density at radius 3 is 2.34 bits per heavy atom. The maximum absolute atomic E-state index is 12.9. The number of nitro benzene ring substituents is 1. The van der Waals surface area contributed by atoms with Crippen LogP contribution < -0.4 is 0 Å². The number of sulfone groups is 1.